The van der Waals surface area contributed by atoms with Gasteiger partial charge in [-0.25, -0.2) is 4.98 Å². The van der Waals surface area contributed by atoms with E-state index in [9.17, 15) is 0 Å². The van der Waals surface area contributed by atoms with Crippen molar-refractivity contribution in [2.24, 2.45) is 17.8 Å². The summed E-state index contributed by atoms with van der Waals surface area (Å²) in [5.74, 6) is 3.43. The Morgan fingerprint density at radius 3 is 2.53 bits per heavy atom. The van der Waals surface area contributed by atoms with Gasteiger partial charge in [0.25, 0.3) is 0 Å². The lowest BCUT2D eigenvalue weighted by molar-refractivity contribution is 0.428. The molecule has 4 heteroatoms. The van der Waals surface area contributed by atoms with E-state index >= 15 is 0 Å². The maximum Gasteiger partial charge on any atom is 0.150 e. The fraction of sp³-hybridized carbons (Fsp3) is 0.615. The number of halogens is 1. The minimum Gasteiger partial charge on any atom is -0.396 e. The number of nitrogen functional groups attached to an aromatic ring is 1. The number of anilines is 2. The van der Waals surface area contributed by atoms with E-state index in [2.05, 4.69) is 10.3 Å². The molecule has 2 fully saturated rings. The lowest BCUT2D eigenvalue weighted by Crippen LogP contribution is -2.19. The number of nitrogens with zero attached hydrogens (tertiary/aromatic N) is 1. The summed E-state index contributed by atoms with van der Waals surface area (Å²) in [5.41, 5.74) is 6.56. The summed E-state index contributed by atoms with van der Waals surface area (Å²) in [4.78, 5) is 4.23. The maximum absolute atomic E-state index is 5.88. The number of hydrogen-bond donors (Lipinski definition) is 2. The molecule has 0 unspecified atom stereocenters. The predicted octanol–water partition coefficient (Wildman–Crippen LogP) is 3.17. The van der Waals surface area contributed by atoms with E-state index in [1.54, 1.807) is 12.1 Å². The van der Waals surface area contributed by atoms with Gasteiger partial charge < -0.3 is 11.1 Å². The van der Waals surface area contributed by atoms with Gasteiger partial charge in [-0.3, -0.25) is 0 Å². The third-order valence-corrected chi connectivity index (χ3v) is 4.06. The SMILES string of the molecule is Nc1ccc(Cl)nc1NCC(C1CC1)C1CC1. The van der Waals surface area contributed by atoms with Gasteiger partial charge in [0.1, 0.15) is 5.15 Å². The van der Waals surface area contributed by atoms with Crippen molar-refractivity contribution in [1.82, 2.24) is 4.98 Å². The van der Waals surface area contributed by atoms with Crippen LogP contribution >= 0.6 is 11.6 Å². The van der Waals surface area contributed by atoms with Crippen molar-refractivity contribution in [1.29, 1.82) is 0 Å². The van der Waals surface area contributed by atoms with E-state index in [0.717, 1.165) is 30.1 Å². The second-order valence-electron chi connectivity index (χ2n) is 5.29. The zero-order chi connectivity index (χ0) is 11.8. The summed E-state index contributed by atoms with van der Waals surface area (Å²) in [7, 11) is 0. The van der Waals surface area contributed by atoms with Gasteiger partial charge in [-0.2, -0.15) is 0 Å². The molecule has 0 amide bonds. The zero-order valence-corrected chi connectivity index (χ0v) is 10.6. The normalized spacial score (nSPS) is 19.6. The minimum absolute atomic E-state index is 0.496. The molecule has 2 aliphatic rings. The van der Waals surface area contributed by atoms with Crippen LogP contribution in [-0.4, -0.2) is 11.5 Å². The third kappa shape index (κ3) is 2.65. The van der Waals surface area contributed by atoms with Crippen LogP contribution < -0.4 is 11.1 Å². The van der Waals surface area contributed by atoms with E-state index in [1.807, 2.05) is 0 Å². The van der Waals surface area contributed by atoms with Gasteiger partial charge in [0, 0.05) is 6.54 Å². The number of hydrogen-bond acceptors (Lipinski definition) is 3. The fourth-order valence-corrected chi connectivity index (χ4v) is 2.72. The van der Waals surface area contributed by atoms with Crippen LogP contribution in [0.15, 0.2) is 12.1 Å². The van der Waals surface area contributed by atoms with E-state index in [4.69, 9.17) is 17.3 Å². The highest BCUT2D eigenvalue weighted by Crippen LogP contribution is 2.49. The van der Waals surface area contributed by atoms with Crippen LogP contribution in [0, 0.1) is 17.8 Å². The highest BCUT2D eigenvalue weighted by Gasteiger charge is 2.41. The second kappa shape index (κ2) is 4.37. The summed E-state index contributed by atoms with van der Waals surface area (Å²) in [6.07, 6.45) is 5.62. The Labute approximate surface area is 107 Å². The van der Waals surface area contributed by atoms with Crippen LogP contribution in [0.3, 0.4) is 0 Å². The summed E-state index contributed by atoms with van der Waals surface area (Å²) in [6.45, 7) is 0.993. The Kier molecular flexibility index (Phi) is 2.87. The van der Waals surface area contributed by atoms with E-state index in [-0.39, 0.29) is 0 Å². The van der Waals surface area contributed by atoms with Crippen molar-refractivity contribution >= 4 is 23.1 Å². The Hall–Kier alpha value is -0.960. The molecule has 0 bridgehead atoms. The van der Waals surface area contributed by atoms with Crippen LogP contribution in [0.1, 0.15) is 25.7 Å². The number of nitrogens with one attached hydrogen (secondary N) is 1. The van der Waals surface area contributed by atoms with Crippen LogP contribution in [0.2, 0.25) is 5.15 Å². The van der Waals surface area contributed by atoms with Gasteiger partial charge in [0.15, 0.2) is 5.82 Å². The van der Waals surface area contributed by atoms with Crippen molar-refractivity contribution in [3.8, 4) is 0 Å². The molecule has 2 aliphatic carbocycles. The monoisotopic (exact) mass is 251 g/mol. The Balaban J connectivity index is 1.63. The van der Waals surface area contributed by atoms with Gasteiger partial charge >= 0.3 is 0 Å². The molecule has 3 N–H and O–H groups in total. The summed E-state index contributed by atoms with van der Waals surface area (Å²) in [5, 5.41) is 3.87. The Morgan fingerprint density at radius 2 is 1.94 bits per heavy atom. The molecule has 3 nitrogen and oxygen atoms in total. The van der Waals surface area contributed by atoms with Crippen LogP contribution in [0.5, 0.6) is 0 Å². The molecule has 1 aromatic rings. The summed E-state index contributed by atoms with van der Waals surface area (Å²) in [6, 6.07) is 3.53. The number of pyridine rings is 1. The molecular weight excluding hydrogens is 234 g/mol. The quantitative estimate of drug-likeness (QED) is 0.791. The molecule has 0 aromatic carbocycles. The molecule has 0 saturated heterocycles. The molecule has 3 rings (SSSR count). The molecule has 0 aliphatic heterocycles. The van der Waals surface area contributed by atoms with Crippen LogP contribution in [0.25, 0.3) is 0 Å². The van der Waals surface area contributed by atoms with Gasteiger partial charge in [-0.05, 0) is 55.6 Å². The molecule has 1 aromatic heterocycles. The highest BCUT2D eigenvalue weighted by molar-refractivity contribution is 6.29. The smallest absolute Gasteiger partial charge is 0.150 e. The van der Waals surface area contributed by atoms with Crippen molar-refractivity contribution in [3.63, 3.8) is 0 Å². The minimum atomic E-state index is 0.496. The molecule has 0 atom stereocenters. The van der Waals surface area contributed by atoms with Crippen molar-refractivity contribution in [2.75, 3.05) is 17.6 Å². The van der Waals surface area contributed by atoms with Crippen molar-refractivity contribution < 1.29 is 0 Å². The molecular formula is C13H18ClN3. The molecule has 17 heavy (non-hydrogen) atoms. The van der Waals surface area contributed by atoms with Crippen LogP contribution in [0.4, 0.5) is 11.5 Å². The average molecular weight is 252 g/mol. The summed E-state index contributed by atoms with van der Waals surface area (Å²) >= 11 is 5.88. The molecule has 92 valence electrons. The Bertz CT molecular complexity index is 401. The number of aromatic nitrogens is 1. The first-order valence-electron chi connectivity index (χ1n) is 6.40. The lowest BCUT2D eigenvalue weighted by Gasteiger charge is -2.17. The topological polar surface area (TPSA) is 50.9 Å². The zero-order valence-electron chi connectivity index (χ0n) is 9.82. The Morgan fingerprint density at radius 1 is 1.29 bits per heavy atom. The molecule has 0 radical (unpaired) electrons. The predicted molar refractivity (Wildman–Crippen MR) is 71.1 cm³/mol. The average Bonchev–Trinajstić information content (AvgIpc) is 3.14. The largest absolute Gasteiger partial charge is 0.396 e. The maximum atomic E-state index is 5.88. The van der Waals surface area contributed by atoms with Gasteiger partial charge in [-0.1, -0.05) is 11.6 Å². The lowest BCUT2D eigenvalue weighted by atomic mass is 9.98. The van der Waals surface area contributed by atoms with Crippen molar-refractivity contribution in [2.45, 2.75) is 25.7 Å². The van der Waals surface area contributed by atoms with Crippen LogP contribution in [-0.2, 0) is 0 Å². The van der Waals surface area contributed by atoms with Gasteiger partial charge in [-0.15, -0.1) is 0 Å². The van der Waals surface area contributed by atoms with E-state index in [0.29, 0.717) is 10.8 Å². The number of nitrogens with two attached hydrogens (primary N) is 1. The first kappa shape index (κ1) is 11.1. The first-order chi connectivity index (χ1) is 8.24. The van der Waals surface area contributed by atoms with Gasteiger partial charge in [0.05, 0.1) is 5.69 Å². The van der Waals surface area contributed by atoms with Crippen molar-refractivity contribution in [3.05, 3.63) is 17.3 Å². The molecule has 2 saturated carbocycles. The molecule has 1 heterocycles. The van der Waals surface area contributed by atoms with E-state index < -0.39 is 0 Å². The molecule has 0 spiro atoms. The number of rotatable bonds is 5. The third-order valence-electron chi connectivity index (χ3n) is 3.85. The fourth-order valence-electron chi connectivity index (χ4n) is 2.57. The highest BCUT2D eigenvalue weighted by atomic mass is 35.5. The second-order valence-corrected chi connectivity index (χ2v) is 5.68. The standard InChI is InChI=1S/C13H18ClN3/c14-12-6-5-11(15)13(17-12)16-7-10(8-1-2-8)9-3-4-9/h5-6,8-10H,1-4,7,15H2,(H,16,17). The first-order valence-corrected chi connectivity index (χ1v) is 6.77. The van der Waals surface area contributed by atoms with Gasteiger partial charge in [0.2, 0.25) is 0 Å². The summed E-state index contributed by atoms with van der Waals surface area (Å²) < 4.78 is 0. The van der Waals surface area contributed by atoms with E-state index in [1.165, 1.54) is 25.7 Å².